The topological polar surface area (TPSA) is 61.8 Å². The number of halogens is 7. The number of rotatable bonds is 12. The first-order chi connectivity index (χ1) is 14.7. The molecule has 1 rings (SSSR count). The Labute approximate surface area is 186 Å². The zero-order valence-electron chi connectivity index (χ0n) is 17.5. The van der Waals surface area contributed by atoms with Crippen LogP contribution < -0.4 is 0 Å². The lowest BCUT2D eigenvalue weighted by Crippen LogP contribution is -2.59. The molecule has 0 aromatic rings. The summed E-state index contributed by atoms with van der Waals surface area (Å²) >= 11 is 2.51. The van der Waals surface area contributed by atoms with Crippen LogP contribution in [0.2, 0.25) is 0 Å². The first-order valence-corrected chi connectivity index (χ1v) is 10.7. The van der Waals surface area contributed by atoms with Crippen molar-refractivity contribution in [1.29, 1.82) is 0 Å². The van der Waals surface area contributed by atoms with E-state index in [-0.39, 0.29) is 19.3 Å². The van der Waals surface area contributed by atoms with E-state index in [9.17, 15) is 40.3 Å². The molecule has 0 amide bonds. The van der Waals surface area contributed by atoms with Crippen LogP contribution in [0.3, 0.4) is 0 Å². The van der Waals surface area contributed by atoms with E-state index >= 15 is 0 Å². The third kappa shape index (κ3) is 7.67. The maximum atomic E-state index is 13.9. The molecule has 1 atom stereocenters. The molecule has 0 bridgehead atoms. The van der Waals surface area contributed by atoms with Gasteiger partial charge >= 0.3 is 35.1 Å². The van der Waals surface area contributed by atoms with Crippen LogP contribution in [0.25, 0.3) is 0 Å². The molecule has 0 saturated heterocycles. The van der Waals surface area contributed by atoms with Crippen LogP contribution in [0.1, 0.15) is 64.7 Å². The third-order valence-electron chi connectivity index (χ3n) is 4.89. The van der Waals surface area contributed by atoms with Gasteiger partial charge in [0.2, 0.25) is 0 Å². The molecule has 1 saturated carbocycles. The molecule has 32 heavy (non-hydrogen) atoms. The second kappa shape index (κ2) is 11.8. The van der Waals surface area contributed by atoms with Crippen LogP contribution in [0.5, 0.6) is 0 Å². The number of carbonyl (C=O) groups excluding carboxylic acids is 2. The van der Waals surface area contributed by atoms with Crippen molar-refractivity contribution >= 4 is 24.6 Å². The molecule has 188 valence electrons. The Bertz CT molecular complexity index is 618. The lowest BCUT2D eigenvalue weighted by Gasteiger charge is -2.34. The molecule has 0 heterocycles. The summed E-state index contributed by atoms with van der Waals surface area (Å²) in [6.45, 7) is 0.131. The van der Waals surface area contributed by atoms with Crippen molar-refractivity contribution in [1.82, 2.24) is 0 Å². The highest BCUT2D eigenvalue weighted by atomic mass is 32.1. The van der Waals surface area contributed by atoms with Gasteiger partial charge in [0.05, 0.1) is 19.1 Å². The molecule has 0 aromatic heterocycles. The monoisotopic (exact) mass is 500 g/mol. The van der Waals surface area contributed by atoms with Crippen molar-refractivity contribution in [2.45, 2.75) is 87.9 Å². The number of alkyl halides is 7. The summed E-state index contributed by atoms with van der Waals surface area (Å²) in [6.07, 6.45) is -5.40. The van der Waals surface area contributed by atoms with E-state index in [0.29, 0.717) is 12.8 Å². The largest absolute Gasteiger partial charge is 0.468 e. The Morgan fingerprint density at radius 2 is 1.53 bits per heavy atom. The summed E-state index contributed by atoms with van der Waals surface area (Å²) in [6, 6.07) is 0. The fraction of sp³-hybridized carbons (Fsp3) is 0.895. The maximum Gasteiger partial charge on any atom is 0.468 e. The summed E-state index contributed by atoms with van der Waals surface area (Å²) in [5.41, 5.74) is 0. The first kappa shape index (κ1) is 28.8. The minimum atomic E-state index is -5.54. The molecule has 1 fully saturated rings. The summed E-state index contributed by atoms with van der Waals surface area (Å²) in [5, 5.41) is -4.61. The number of hydrogen-bond acceptors (Lipinski definition) is 6. The number of ether oxygens (including phenoxy) is 3. The standard InChI is InChI=1S/C19H27F7O5S/c1-2-11-29-15(28)17(18(22,23)24,31-14(27)13-8-4-3-5-9-13)30-12-7-6-10-16(20,21)19(25,26)32/h13,32H,2-12H2,1H3. The van der Waals surface area contributed by atoms with Gasteiger partial charge in [0.1, 0.15) is 0 Å². The van der Waals surface area contributed by atoms with Crippen LogP contribution in [0.4, 0.5) is 30.7 Å². The van der Waals surface area contributed by atoms with Crippen LogP contribution in [0, 0.1) is 5.92 Å². The highest BCUT2D eigenvalue weighted by Gasteiger charge is 2.68. The molecular weight excluding hydrogens is 473 g/mol. The zero-order valence-corrected chi connectivity index (χ0v) is 18.4. The van der Waals surface area contributed by atoms with Gasteiger partial charge in [-0.15, -0.1) is 0 Å². The van der Waals surface area contributed by atoms with E-state index in [4.69, 9.17) is 0 Å². The minimum absolute atomic E-state index is 0.170. The van der Waals surface area contributed by atoms with E-state index < -0.39 is 73.5 Å². The van der Waals surface area contributed by atoms with E-state index in [1.165, 1.54) is 6.92 Å². The fourth-order valence-corrected chi connectivity index (χ4v) is 3.17. The molecule has 5 nitrogen and oxygen atoms in total. The predicted octanol–water partition coefficient (Wildman–Crippen LogP) is 5.67. The molecule has 0 N–H and O–H groups in total. The number of carbonyl (C=O) groups is 2. The van der Waals surface area contributed by atoms with Gasteiger partial charge in [-0.25, -0.2) is 4.79 Å². The number of unbranched alkanes of at least 4 members (excludes halogenated alkanes) is 1. The molecule has 1 aliphatic rings. The summed E-state index contributed by atoms with van der Waals surface area (Å²) in [4.78, 5) is 24.6. The van der Waals surface area contributed by atoms with Crippen molar-refractivity contribution in [3.05, 3.63) is 0 Å². The van der Waals surface area contributed by atoms with Gasteiger partial charge in [-0.1, -0.05) is 38.8 Å². The Morgan fingerprint density at radius 1 is 0.938 bits per heavy atom. The Balaban J connectivity index is 2.94. The van der Waals surface area contributed by atoms with Gasteiger partial charge in [0, 0.05) is 6.42 Å². The minimum Gasteiger partial charge on any atom is -0.461 e. The van der Waals surface area contributed by atoms with Crippen LogP contribution in [-0.2, 0) is 23.8 Å². The lowest BCUT2D eigenvalue weighted by molar-refractivity contribution is -0.357. The SMILES string of the molecule is CCCOC(=O)C(OCCCCC(F)(F)C(F)(F)S)(OC(=O)C1CCCCC1)C(F)(F)F. The third-order valence-corrected chi connectivity index (χ3v) is 5.22. The molecule has 1 unspecified atom stereocenters. The van der Waals surface area contributed by atoms with Gasteiger partial charge in [-0.05, 0) is 32.1 Å². The van der Waals surface area contributed by atoms with Gasteiger partial charge in [0.25, 0.3) is 0 Å². The zero-order chi connectivity index (χ0) is 24.6. The smallest absolute Gasteiger partial charge is 0.461 e. The van der Waals surface area contributed by atoms with Gasteiger partial charge < -0.3 is 14.2 Å². The van der Waals surface area contributed by atoms with Crippen molar-refractivity contribution in [2.24, 2.45) is 5.92 Å². The second-order valence-electron chi connectivity index (χ2n) is 7.56. The Kier molecular flexibility index (Phi) is 10.6. The summed E-state index contributed by atoms with van der Waals surface area (Å²) in [7, 11) is 0. The normalized spacial score (nSPS) is 18.2. The second-order valence-corrected chi connectivity index (χ2v) is 8.12. The molecule has 13 heteroatoms. The molecular formula is C19H27F7O5S. The van der Waals surface area contributed by atoms with E-state index in [1.54, 1.807) is 0 Å². The van der Waals surface area contributed by atoms with E-state index in [0.717, 1.165) is 6.42 Å². The van der Waals surface area contributed by atoms with Crippen LogP contribution in [-0.4, -0.2) is 48.3 Å². The van der Waals surface area contributed by atoms with Gasteiger partial charge in [-0.3, -0.25) is 4.79 Å². The molecule has 0 aromatic carbocycles. The van der Waals surface area contributed by atoms with Crippen molar-refractivity contribution in [3.63, 3.8) is 0 Å². The lowest BCUT2D eigenvalue weighted by atomic mass is 9.89. The highest BCUT2D eigenvalue weighted by molar-refractivity contribution is 7.81. The average Bonchev–Trinajstić information content (AvgIpc) is 2.69. The van der Waals surface area contributed by atoms with Crippen molar-refractivity contribution in [2.75, 3.05) is 13.2 Å². The van der Waals surface area contributed by atoms with Crippen LogP contribution >= 0.6 is 12.6 Å². The number of thiol groups is 1. The quantitative estimate of drug-likeness (QED) is 0.123. The molecule has 0 aliphatic heterocycles. The summed E-state index contributed by atoms with van der Waals surface area (Å²) in [5.74, 6) is -12.7. The van der Waals surface area contributed by atoms with Gasteiger partial charge in [-0.2, -0.15) is 30.7 Å². The first-order valence-electron chi connectivity index (χ1n) is 10.3. The maximum absolute atomic E-state index is 13.9. The average molecular weight is 500 g/mol. The van der Waals surface area contributed by atoms with Crippen molar-refractivity contribution in [3.8, 4) is 0 Å². The number of esters is 2. The van der Waals surface area contributed by atoms with E-state index in [2.05, 4.69) is 26.8 Å². The molecule has 1 aliphatic carbocycles. The van der Waals surface area contributed by atoms with E-state index in [1.807, 2.05) is 0 Å². The van der Waals surface area contributed by atoms with Crippen LogP contribution in [0.15, 0.2) is 0 Å². The van der Waals surface area contributed by atoms with Crippen molar-refractivity contribution < 1.29 is 54.5 Å². The molecule has 0 spiro atoms. The fourth-order valence-electron chi connectivity index (χ4n) is 3.05. The summed E-state index contributed by atoms with van der Waals surface area (Å²) < 4.78 is 107. The number of hydrogen-bond donors (Lipinski definition) is 1. The Morgan fingerprint density at radius 3 is 2.03 bits per heavy atom. The molecule has 0 radical (unpaired) electrons. The van der Waals surface area contributed by atoms with Gasteiger partial charge in [0.15, 0.2) is 0 Å². The highest BCUT2D eigenvalue weighted by Crippen LogP contribution is 2.41. The predicted molar refractivity (Wildman–Crippen MR) is 101 cm³/mol. The Hall–Kier alpha value is -1.24.